The second kappa shape index (κ2) is 12.1. The highest BCUT2D eigenvalue weighted by Gasteiger charge is 2.24. The van der Waals surface area contributed by atoms with E-state index in [4.69, 9.17) is 4.74 Å². The minimum absolute atomic E-state index is 0. The van der Waals surface area contributed by atoms with Gasteiger partial charge in [-0.05, 0) is 72.1 Å². The summed E-state index contributed by atoms with van der Waals surface area (Å²) in [6.45, 7) is 15.4. The molecule has 28 heavy (non-hydrogen) atoms. The summed E-state index contributed by atoms with van der Waals surface area (Å²) >= 11 is 0. The van der Waals surface area contributed by atoms with Crippen molar-refractivity contribution in [2.45, 2.75) is 66.0 Å². The van der Waals surface area contributed by atoms with Gasteiger partial charge in [0.1, 0.15) is 5.60 Å². The predicted octanol–water partition coefficient (Wildman–Crippen LogP) is 3.41. The molecule has 0 radical (unpaired) electrons. The van der Waals surface area contributed by atoms with Crippen molar-refractivity contribution in [2.75, 3.05) is 19.6 Å². The molecule has 7 nitrogen and oxygen atoms in total. The van der Waals surface area contributed by atoms with Crippen molar-refractivity contribution in [3.8, 4) is 0 Å². The fraction of sp³-hybridized carbons (Fsp3) is 0.650. The number of carbonyl (C=O) groups excluding carboxylic acids is 1. The molecule has 0 aromatic carbocycles. The van der Waals surface area contributed by atoms with Gasteiger partial charge in [-0.15, -0.1) is 24.0 Å². The monoisotopic (exact) mass is 505 g/mol. The number of carbonyl (C=O) groups is 1. The second-order valence-corrected chi connectivity index (χ2v) is 8.18. The molecule has 0 fully saturated rings. The third-order valence-corrected chi connectivity index (χ3v) is 3.64. The highest BCUT2D eigenvalue weighted by atomic mass is 127. The lowest BCUT2D eigenvalue weighted by molar-refractivity contribution is 0.0476. The first-order valence-corrected chi connectivity index (χ1v) is 9.45. The van der Waals surface area contributed by atoms with Crippen LogP contribution in [-0.4, -0.2) is 47.8 Å². The van der Waals surface area contributed by atoms with Gasteiger partial charge < -0.3 is 20.7 Å². The molecule has 0 atom stereocenters. The maximum Gasteiger partial charge on any atom is 0.408 e. The van der Waals surface area contributed by atoms with E-state index in [-0.39, 0.29) is 24.0 Å². The van der Waals surface area contributed by atoms with E-state index in [2.05, 4.69) is 32.9 Å². The number of hydrogen-bond donors (Lipinski definition) is 3. The number of nitrogens with one attached hydrogen (secondary N) is 3. The summed E-state index contributed by atoms with van der Waals surface area (Å²) in [5, 5.41) is 9.43. The number of aryl methyl sites for hydroxylation is 1. The first-order chi connectivity index (χ1) is 12.5. The smallest absolute Gasteiger partial charge is 0.408 e. The molecule has 0 bridgehead atoms. The molecule has 1 rings (SSSR count). The van der Waals surface area contributed by atoms with Crippen LogP contribution >= 0.6 is 24.0 Å². The lowest BCUT2D eigenvalue weighted by Crippen LogP contribution is -2.49. The van der Waals surface area contributed by atoms with Crippen molar-refractivity contribution in [1.82, 2.24) is 20.9 Å². The third-order valence-electron chi connectivity index (χ3n) is 3.64. The Kier molecular flexibility index (Phi) is 11.4. The Morgan fingerprint density at radius 3 is 2.46 bits per heavy atom. The number of nitrogens with zero attached hydrogens (tertiary/aromatic N) is 2. The maximum absolute atomic E-state index is 12.0. The number of hydrogen-bond acceptors (Lipinski definition) is 4. The summed E-state index contributed by atoms with van der Waals surface area (Å²) in [5.41, 5.74) is 1.40. The van der Waals surface area contributed by atoms with Gasteiger partial charge in [-0.25, -0.2) is 4.79 Å². The van der Waals surface area contributed by atoms with Crippen LogP contribution in [0.2, 0.25) is 0 Å². The van der Waals surface area contributed by atoms with Crippen LogP contribution in [0.25, 0.3) is 0 Å². The van der Waals surface area contributed by atoms with Gasteiger partial charge in [0.15, 0.2) is 5.96 Å². The Bertz CT molecular complexity index is 642. The number of aliphatic imine (C=N–C) groups is 1. The molecule has 160 valence electrons. The zero-order chi connectivity index (χ0) is 20.5. The summed E-state index contributed by atoms with van der Waals surface area (Å²) in [6.07, 6.45) is 4.14. The molecule has 0 aliphatic carbocycles. The Hall–Kier alpha value is -1.58. The van der Waals surface area contributed by atoms with Crippen molar-refractivity contribution in [3.05, 3.63) is 29.6 Å². The summed E-state index contributed by atoms with van der Waals surface area (Å²) in [6, 6.07) is 2.04. The van der Waals surface area contributed by atoms with E-state index in [0.29, 0.717) is 6.54 Å². The minimum Gasteiger partial charge on any atom is -0.444 e. The van der Waals surface area contributed by atoms with Gasteiger partial charge >= 0.3 is 6.09 Å². The zero-order valence-corrected chi connectivity index (χ0v) is 20.5. The van der Waals surface area contributed by atoms with Crippen LogP contribution in [-0.2, 0) is 11.2 Å². The van der Waals surface area contributed by atoms with Crippen molar-refractivity contribution in [3.63, 3.8) is 0 Å². The van der Waals surface area contributed by atoms with Crippen molar-refractivity contribution < 1.29 is 9.53 Å². The van der Waals surface area contributed by atoms with Crippen molar-refractivity contribution >= 4 is 36.0 Å². The van der Waals surface area contributed by atoms with E-state index < -0.39 is 17.2 Å². The van der Waals surface area contributed by atoms with E-state index >= 15 is 0 Å². The van der Waals surface area contributed by atoms with Gasteiger partial charge in [0, 0.05) is 25.5 Å². The summed E-state index contributed by atoms with van der Waals surface area (Å²) in [5.74, 6) is 0.725. The molecule has 8 heteroatoms. The van der Waals surface area contributed by atoms with Crippen LogP contribution in [0.3, 0.4) is 0 Å². The third kappa shape index (κ3) is 11.3. The molecule has 1 aromatic rings. The number of ether oxygens (including phenoxy) is 1. The minimum atomic E-state index is -0.523. The van der Waals surface area contributed by atoms with Gasteiger partial charge in [-0.2, -0.15) is 0 Å². The molecule has 0 saturated heterocycles. The second-order valence-electron chi connectivity index (χ2n) is 8.18. The largest absolute Gasteiger partial charge is 0.444 e. The Balaban J connectivity index is 0.00000729. The number of halogens is 1. The van der Waals surface area contributed by atoms with Crippen LogP contribution < -0.4 is 16.0 Å². The molecule has 3 N–H and O–H groups in total. The molecular weight excluding hydrogens is 469 g/mol. The number of guanidine groups is 1. The van der Waals surface area contributed by atoms with E-state index in [1.165, 1.54) is 11.1 Å². The fourth-order valence-electron chi connectivity index (χ4n) is 2.34. The highest BCUT2D eigenvalue weighted by molar-refractivity contribution is 14.0. The summed E-state index contributed by atoms with van der Waals surface area (Å²) in [7, 11) is 0. The van der Waals surface area contributed by atoms with Gasteiger partial charge in [0.25, 0.3) is 0 Å². The lowest BCUT2D eigenvalue weighted by atomic mass is 10.1. The fourth-order valence-corrected chi connectivity index (χ4v) is 2.34. The van der Waals surface area contributed by atoms with Gasteiger partial charge in [0.2, 0.25) is 0 Å². The molecule has 1 amide bonds. The maximum atomic E-state index is 12.0. The molecule has 1 heterocycles. The number of aromatic nitrogens is 1. The molecule has 1 aromatic heterocycles. The van der Waals surface area contributed by atoms with Crippen LogP contribution in [0, 0.1) is 6.92 Å². The van der Waals surface area contributed by atoms with Gasteiger partial charge in [0.05, 0.1) is 12.1 Å². The first kappa shape index (κ1) is 26.4. The zero-order valence-electron chi connectivity index (χ0n) is 18.2. The molecular formula is C20H36IN5O2. The van der Waals surface area contributed by atoms with E-state index in [1.807, 2.05) is 60.0 Å². The topological polar surface area (TPSA) is 87.6 Å². The van der Waals surface area contributed by atoms with Crippen LogP contribution in [0.1, 0.15) is 52.7 Å². The molecule has 0 spiro atoms. The van der Waals surface area contributed by atoms with Crippen LogP contribution in [0.15, 0.2) is 23.5 Å². The van der Waals surface area contributed by atoms with E-state index in [9.17, 15) is 4.79 Å². The standard InChI is InChI=1S/C20H35N5O2.HI/c1-8-22-17(23-12-10-16-9-11-21-13-15(16)2)24-14-20(6,7)25-18(26)27-19(3,4)5;/h9,11,13H,8,10,12,14H2,1-7H3,(H,25,26)(H2,22,23,24);1H. The van der Waals surface area contributed by atoms with Crippen molar-refractivity contribution in [1.29, 1.82) is 0 Å². The molecule has 0 saturated carbocycles. The molecule has 0 aliphatic heterocycles. The molecule has 0 unspecified atom stereocenters. The van der Waals surface area contributed by atoms with Gasteiger partial charge in [-0.1, -0.05) is 0 Å². The van der Waals surface area contributed by atoms with Crippen molar-refractivity contribution in [2.24, 2.45) is 4.99 Å². The number of pyridine rings is 1. The average Bonchev–Trinajstić information content (AvgIpc) is 2.52. The van der Waals surface area contributed by atoms with Crippen LogP contribution in [0.4, 0.5) is 4.79 Å². The molecule has 0 aliphatic rings. The quantitative estimate of drug-likeness (QED) is 0.301. The van der Waals surface area contributed by atoms with E-state index in [0.717, 1.165) is 25.5 Å². The van der Waals surface area contributed by atoms with E-state index in [1.54, 1.807) is 0 Å². The number of rotatable bonds is 7. The normalized spacial score (nSPS) is 12.0. The highest BCUT2D eigenvalue weighted by Crippen LogP contribution is 2.10. The predicted molar refractivity (Wildman–Crippen MR) is 126 cm³/mol. The number of alkyl carbamates (subject to hydrolysis) is 1. The van der Waals surface area contributed by atoms with Crippen LogP contribution in [0.5, 0.6) is 0 Å². The Morgan fingerprint density at radius 1 is 1.21 bits per heavy atom. The SMILES string of the molecule is CCNC(=NCC(C)(C)NC(=O)OC(C)(C)C)NCCc1ccncc1C.I. The lowest BCUT2D eigenvalue weighted by Gasteiger charge is -2.27. The Morgan fingerprint density at radius 2 is 1.89 bits per heavy atom. The number of amides is 1. The summed E-state index contributed by atoms with van der Waals surface area (Å²) < 4.78 is 5.32. The average molecular weight is 505 g/mol. The summed E-state index contributed by atoms with van der Waals surface area (Å²) in [4.78, 5) is 20.7. The first-order valence-electron chi connectivity index (χ1n) is 9.45. The van der Waals surface area contributed by atoms with Gasteiger partial charge in [-0.3, -0.25) is 9.98 Å². The Labute approximate surface area is 186 Å².